The molecular formula is C43H90N8O2. The van der Waals surface area contributed by atoms with Crippen LogP contribution >= 0.6 is 0 Å². The molecule has 0 aromatic heterocycles. The molecule has 0 aliphatic carbocycles. The Morgan fingerprint density at radius 1 is 0.472 bits per heavy atom. The minimum atomic E-state index is -0.113. The van der Waals surface area contributed by atoms with E-state index in [0.29, 0.717) is 0 Å². The Balaban J connectivity index is 4.24. The topological polar surface area (TPSA) is 139 Å². The molecule has 0 unspecified atom stereocenters. The fraction of sp³-hybridized carbons (Fsp3) is 0.930. The number of carbonyl (C=O) groups is 2. The summed E-state index contributed by atoms with van der Waals surface area (Å²) in [7, 11) is 0. The van der Waals surface area contributed by atoms with Gasteiger partial charge in [-0.3, -0.25) is 20.4 Å². The first-order chi connectivity index (χ1) is 25.9. The third kappa shape index (κ3) is 38.2. The highest BCUT2D eigenvalue weighted by Crippen LogP contribution is 2.14. The van der Waals surface area contributed by atoms with Gasteiger partial charge in [0.1, 0.15) is 0 Å². The van der Waals surface area contributed by atoms with Crippen molar-refractivity contribution < 1.29 is 9.59 Å². The Bertz CT molecular complexity index is 787. The molecule has 0 saturated carbocycles. The van der Waals surface area contributed by atoms with Crippen LogP contribution in [0.4, 0.5) is 0 Å². The van der Waals surface area contributed by atoms with Crippen LogP contribution in [0.5, 0.6) is 0 Å². The van der Waals surface area contributed by atoms with Crippen LogP contribution < -0.4 is 27.1 Å². The Morgan fingerprint density at radius 2 is 0.887 bits per heavy atom. The molecule has 7 N–H and O–H groups in total. The number of nitrogens with one attached hydrogen (secondary N) is 5. The van der Waals surface area contributed by atoms with Gasteiger partial charge in [0.05, 0.1) is 13.1 Å². The molecule has 0 aromatic carbocycles. The summed E-state index contributed by atoms with van der Waals surface area (Å²) >= 11 is 0. The summed E-state index contributed by atoms with van der Waals surface area (Å²) in [6.07, 6.45) is 35.6. The molecule has 0 aliphatic heterocycles. The van der Waals surface area contributed by atoms with Gasteiger partial charge < -0.3 is 26.6 Å². The molecule has 314 valence electrons. The molecule has 0 saturated heterocycles. The van der Waals surface area contributed by atoms with Crippen molar-refractivity contribution in [2.24, 2.45) is 5.73 Å². The molecule has 0 atom stereocenters. The fourth-order valence-electron chi connectivity index (χ4n) is 6.88. The van der Waals surface area contributed by atoms with E-state index in [0.717, 1.165) is 84.3 Å². The summed E-state index contributed by atoms with van der Waals surface area (Å²) in [4.78, 5) is 27.7. The second-order valence-corrected chi connectivity index (χ2v) is 15.4. The largest absolute Gasteiger partial charge is 0.369 e. The summed E-state index contributed by atoms with van der Waals surface area (Å²) in [6, 6.07) is 0. The SMILES string of the molecule is CCCCCCCCCCCCCCN(CCCCCCCCCCCCCC)C(=O)CNC(=O)CNCCCNCCCCN(CCC)NC(=N)N. The minimum Gasteiger partial charge on any atom is -0.369 e. The lowest BCUT2D eigenvalue weighted by Crippen LogP contribution is -2.46. The van der Waals surface area contributed by atoms with Crippen LogP contribution in [0, 0.1) is 5.41 Å². The van der Waals surface area contributed by atoms with Crippen LogP contribution in [-0.4, -0.2) is 86.6 Å². The van der Waals surface area contributed by atoms with Gasteiger partial charge in [-0.25, -0.2) is 5.01 Å². The van der Waals surface area contributed by atoms with Gasteiger partial charge in [0, 0.05) is 26.2 Å². The van der Waals surface area contributed by atoms with Crippen LogP contribution in [0.15, 0.2) is 0 Å². The maximum Gasteiger partial charge on any atom is 0.241 e. The van der Waals surface area contributed by atoms with Gasteiger partial charge in [-0.15, -0.1) is 0 Å². The van der Waals surface area contributed by atoms with Gasteiger partial charge in [-0.1, -0.05) is 162 Å². The molecular weight excluding hydrogens is 661 g/mol. The van der Waals surface area contributed by atoms with E-state index in [4.69, 9.17) is 11.1 Å². The smallest absolute Gasteiger partial charge is 0.241 e. The van der Waals surface area contributed by atoms with Crippen LogP contribution in [0.1, 0.15) is 201 Å². The molecule has 0 bridgehead atoms. The molecule has 10 heteroatoms. The van der Waals surface area contributed by atoms with Crippen molar-refractivity contribution in [3.63, 3.8) is 0 Å². The van der Waals surface area contributed by atoms with Gasteiger partial charge >= 0.3 is 0 Å². The lowest BCUT2D eigenvalue weighted by Gasteiger charge is -2.23. The zero-order chi connectivity index (χ0) is 38.9. The first kappa shape index (κ1) is 51.1. The summed E-state index contributed by atoms with van der Waals surface area (Å²) in [6.45, 7) is 12.9. The number of hydrogen-bond acceptors (Lipinski definition) is 6. The summed E-state index contributed by atoms with van der Waals surface area (Å²) < 4.78 is 0. The minimum absolute atomic E-state index is 0.0126. The van der Waals surface area contributed by atoms with Gasteiger partial charge in [0.2, 0.25) is 17.8 Å². The fourth-order valence-corrected chi connectivity index (χ4v) is 6.88. The lowest BCUT2D eigenvalue weighted by molar-refractivity contribution is -0.132. The van der Waals surface area contributed by atoms with Gasteiger partial charge in [-0.2, -0.15) is 0 Å². The highest BCUT2D eigenvalue weighted by molar-refractivity contribution is 5.85. The number of carbonyl (C=O) groups excluding carboxylic acids is 2. The molecule has 2 amide bonds. The van der Waals surface area contributed by atoms with Gasteiger partial charge in [-0.05, 0) is 58.2 Å². The van der Waals surface area contributed by atoms with Crippen LogP contribution in [0.25, 0.3) is 0 Å². The van der Waals surface area contributed by atoms with E-state index in [1.165, 1.54) is 141 Å². The number of guanidine groups is 1. The van der Waals surface area contributed by atoms with E-state index < -0.39 is 0 Å². The summed E-state index contributed by atoms with van der Waals surface area (Å²) in [5, 5.41) is 19.0. The predicted molar refractivity (Wildman–Crippen MR) is 228 cm³/mol. The highest BCUT2D eigenvalue weighted by Gasteiger charge is 2.14. The number of hydrazine groups is 1. The predicted octanol–water partition coefficient (Wildman–Crippen LogP) is 8.79. The second kappa shape index (κ2) is 41.3. The van der Waals surface area contributed by atoms with E-state index in [1.54, 1.807) is 0 Å². The highest BCUT2D eigenvalue weighted by atomic mass is 16.2. The Kier molecular flexibility index (Phi) is 39.8. The van der Waals surface area contributed by atoms with Crippen LogP contribution in [0.3, 0.4) is 0 Å². The van der Waals surface area contributed by atoms with E-state index in [-0.39, 0.29) is 30.9 Å². The average molecular weight is 751 g/mol. The Labute approximate surface area is 328 Å². The van der Waals surface area contributed by atoms with Crippen molar-refractivity contribution in [1.82, 2.24) is 31.3 Å². The average Bonchev–Trinajstić information content (AvgIpc) is 3.14. The molecule has 10 nitrogen and oxygen atoms in total. The number of hydrogen-bond donors (Lipinski definition) is 6. The molecule has 0 aliphatic rings. The number of rotatable bonds is 42. The zero-order valence-corrected chi connectivity index (χ0v) is 35.5. The first-order valence-electron chi connectivity index (χ1n) is 22.8. The Morgan fingerprint density at radius 3 is 1.34 bits per heavy atom. The summed E-state index contributed by atoms with van der Waals surface area (Å²) in [5.74, 6) is -0.0669. The molecule has 0 aromatic rings. The van der Waals surface area contributed by atoms with E-state index in [9.17, 15) is 9.59 Å². The van der Waals surface area contributed by atoms with E-state index in [2.05, 4.69) is 42.1 Å². The molecule has 0 radical (unpaired) electrons. The molecule has 53 heavy (non-hydrogen) atoms. The van der Waals surface area contributed by atoms with E-state index >= 15 is 0 Å². The van der Waals surface area contributed by atoms with Crippen LogP contribution in [0.2, 0.25) is 0 Å². The standard InChI is InChI=1S/C43H90N8O2/c1-4-7-9-11-13-15-17-19-21-23-25-28-36-50(37-29-26-24-22-20-18-16-14-12-10-8-5-2)42(53)40-48-41(52)39-47-34-31-33-46-32-27-30-38-51(35-6-3)49-43(44)45/h46-47H,4-40H2,1-3H3,(H,48,52)(H4,44,45,49). The number of unbranched alkanes of at least 4 members (excludes halogenated alkanes) is 23. The monoisotopic (exact) mass is 751 g/mol. The van der Waals surface area contributed by atoms with Crippen molar-refractivity contribution in [3.8, 4) is 0 Å². The normalized spacial score (nSPS) is 11.3. The van der Waals surface area contributed by atoms with Crippen molar-refractivity contribution in [2.75, 3.05) is 58.9 Å². The van der Waals surface area contributed by atoms with Crippen molar-refractivity contribution >= 4 is 17.8 Å². The molecule has 0 rings (SSSR count). The van der Waals surface area contributed by atoms with Gasteiger partial charge in [0.25, 0.3) is 0 Å². The molecule has 0 fully saturated rings. The number of nitrogens with zero attached hydrogens (tertiary/aromatic N) is 2. The third-order valence-corrected chi connectivity index (χ3v) is 10.1. The second-order valence-electron chi connectivity index (χ2n) is 15.4. The van der Waals surface area contributed by atoms with Gasteiger partial charge in [0.15, 0.2) is 0 Å². The maximum absolute atomic E-state index is 13.2. The maximum atomic E-state index is 13.2. The quantitative estimate of drug-likeness (QED) is 0.0159. The van der Waals surface area contributed by atoms with Crippen LogP contribution in [-0.2, 0) is 9.59 Å². The summed E-state index contributed by atoms with van der Waals surface area (Å²) in [5.41, 5.74) is 8.35. The van der Waals surface area contributed by atoms with E-state index in [1.807, 2.05) is 9.91 Å². The van der Waals surface area contributed by atoms with Crippen molar-refractivity contribution in [2.45, 2.75) is 201 Å². The zero-order valence-electron chi connectivity index (χ0n) is 35.5. The molecule has 0 spiro atoms. The Hall–Kier alpha value is -1.91. The van der Waals surface area contributed by atoms with Crippen molar-refractivity contribution in [3.05, 3.63) is 0 Å². The molecule has 0 heterocycles. The lowest BCUT2D eigenvalue weighted by atomic mass is 10.0. The number of nitrogens with two attached hydrogens (primary N) is 1. The first-order valence-corrected chi connectivity index (χ1v) is 22.8. The third-order valence-electron chi connectivity index (χ3n) is 10.1. The number of amides is 2. The van der Waals surface area contributed by atoms with Crippen molar-refractivity contribution in [1.29, 1.82) is 5.41 Å².